The molecule has 0 radical (unpaired) electrons. The van der Waals surface area contributed by atoms with Gasteiger partial charge in [0.1, 0.15) is 0 Å². The lowest BCUT2D eigenvalue weighted by molar-refractivity contribution is 0.471. The van der Waals surface area contributed by atoms with Crippen molar-refractivity contribution in [3.63, 3.8) is 0 Å². The molecule has 1 aromatic carbocycles. The molecule has 1 rings (SSSR count). The van der Waals surface area contributed by atoms with Crippen LogP contribution in [0.25, 0.3) is 0 Å². The fourth-order valence-corrected chi connectivity index (χ4v) is 1.67. The maximum absolute atomic E-state index is 13.3. The number of halogens is 2. The number of nitrogens with one attached hydrogen (secondary N) is 1. The van der Waals surface area contributed by atoms with Gasteiger partial charge >= 0.3 is 0 Å². The Balaban J connectivity index is 2.74. The van der Waals surface area contributed by atoms with Gasteiger partial charge in [-0.2, -0.15) is 0 Å². The highest BCUT2D eigenvalue weighted by molar-refractivity contribution is 5.19. The van der Waals surface area contributed by atoms with Crippen molar-refractivity contribution in [3.05, 3.63) is 35.4 Å². The second-order valence-corrected chi connectivity index (χ2v) is 3.69. The second-order valence-electron chi connectivity index (χ2n) is 3.69. The molecule has 0 aliphatic carbocycles. The topological polar surface area (TPSA) is 12.0 Å². The normalized spacial score (nSPS) is 12.8. The summed E-state index contributed by atoms with van der Waals surface area (Å²) in [6.07, 6.45) is 2.53. The summed E-state index contributed by atoms with van der Waals surface area (Å²) in [7, 11) is 1.84. The zero-order valence-corrected chi connectivity index (χ0v) is 9.19. The number of hydrogen-bond acceptors (Lipinski definition) is 1. The van der Waals surface area contributed by atoms with Crippen LogP contribution in [0.2, 0.25) is 0 Å². The van der Waals surface area contributed by atoms with Crippen molar-refractivity contribution in [2.24, 2.45) is 0 Å². The van der Waals surface area contributed by atoms with Crippen LogP contribution in [0.4, 0.5) is 8.78 Å². The third-order valence-corrected chi connectivity index (χ3v) is 2.54. The van der Waals surface area contributed by atoms with Crippen molar-refractivity contribution in [1.82, 2.24) is 5.32 Å². The van der Waals surface area contributed by atoms with E-state index in [-0.39, 0.29) is 6.04 Å². The summed E-state index contributed by atoms with van der Waals surface area (Å²) in [5.74, 6) is -1.48. The molecule has 1 nitrogen and oxygen atoms in total. The Bertz CT molecular complexity index is 312. The SMILES string of the molecule is CCCC(Cc1cccc(F)c1F)NC. The van der Waals surface area contributed by atoms with Gasteiger partial charge in [0.2, 0.25) is 0 Å². The number of hydrogen-bond donors (Lipinski definition) is 1. The molecule has 0 bridgehead atoms. The van der Waals surface area contributed by atoms with E-state index in [0.717, 1.165) is 18.9 Å². The van der Waals surface area contributed by atoms with Crippen molar-refractivity contribution in [1.29, 1.82) is 0 Å². The molecule has 0 amide bonds. The molecule has 0 saturated carbocycles. The molecule has 0 aliphatic heterocycles. The first-order valence-corrected chi connectivity index (χ1v) is 5.29. The summed E-state index contributed by atoms with van der Waals surface area (Å²) >= 11 is 0. The lowest BCUT2D eigenvalue weighted by atomic mass is 10.0. The van der Waals surface area contributed by atoms with E-state index in [9.17, 15) is 8.78 Å². The van der Waals surface area contributed by atoms with Gasteiger partial charge in [-0.05, 0) is 31.5 Å². The third-order valence-electron chi connectivity index (χ3n) is 2.54. The average molecular weight is 213 g/mol. The van der Waals surface area contributed by atoms with Crippen molar-refractivity contribution in [3.8, 4) is 0 Å². The first-order chi connectivity index (χ1) is 7.19. The smallest absolute Gasteiger partial charge is 0.162 e. The minimum Gasteiger partial charge on any atom is -0.317 e. The maximum atomic E-state index is 13.3. The Morgan fingerprint density at radius 1 is 1.33 bits per heavy atom. The van der Waals surface area contributed by atoms with Gasteiger partial charge in [-0.25, -0.2) is 8.78 Å². The molecule has 0 heterocycles. The van der Waals surface area contributed by atoms with Gasteiger partial charge in [0, 0.05) is 6.04 Å². The molecular weight excluding hydrogens is 196 g/mol. The highest BCUT2D eigenvalue weighted by Crippen LogP contribution is 2.14. The molecule has 0 spiro atoms. The summed E-state index contributed by atoms with van der Waals surface area (Å²) in [5.41, 5.74) is 0.447. The summed E-state index contributed by atoms with van der Waals surface area (Å²) < 4.78 is 26.3. The largest absolute Gasteiger partial charge is 0.317 e. The average Bonchev–Trinajstić information content (AvgIpc) is 2.24. The van der Waals surface area contributed by atoms with Gasteiger partial charge in [-0.1, -0.05) is 25.5 Å². The molecule has 0 saturated heterocycles. The van der Waals surface area contributed by atoms with E-state index >= 15 is 0 Å². The minimum absolute atomic E-state index is 0.214. The van der Waals surface area contributed by atoms with Crippen LogP contribution < -0.4 is 5.32 Å². The Morgan fingerprint density at radius 3 is 2.67 bits per heavy atom. The molecule has 84 valence electrons. The Morgan fingerprint density at radius 2 is 2.07 bits per heavy atom. The van der Waals surface area contributed by atoms with Crippen molar-refractivity contribution in [2.75, 3.05) is 7.05 Å². The van der Waals surface area contributed by atoms with Crippen LogP contribution in [0.3, 0.4) is 0 Å². The number of likely N-dealkylation sites (N-methyl/N-ethyl adjacent to an activating group) is 1. The molecule has 1 N–H and O–H groups in total. The van der Waals surface area contributed by atoms with Gasteiger partial charge in [-0.3, -0.25) is 0 Å². The molecule has 3 heteroatoms. The maximum Gasteiger partial charge on any atom is 0.162 e. The lowest BCUT2D eigenvalue weighted by Gasteiger charge is -2.15. The van der Waals surface area contributed by atoms with Crippen molar-refractivity contribution < 1.29 is 8.78 Å². The molecule has 0 fully saturated rings. The van der Waals surface area contributed by atoms with E-state index in [1.54, 1.807) is 12.1 Å². The zero-order chi connectivity index (χ0) is 11.3. The minimum atomic E-state index is -0.765. The van der Waals surface area contributed by atoms with Gasteiger partial charge in [0.15, 0.2) is 11.6 Å². The van der Waals surface area contributed by atoms with Crippen LogP contribution >= 0.6 is 0 Å². The predicted molar refractivity (Wildman–Crippen MR) is 57.8 cm³/mol. The number of benzene rings is 1. The lowest BCUT2D eigenvalue weighted by Crippen LogP contribution is -2.27. The molecule has 15 heavy (non-hydrogen) atoms. The summed E-state index contributed by atoms with van der Waals surface area (Å²) in [6, 6.07) is 4.55. The predicted octanol–water partition coefficient (Wildman–Crippen LogP) is 2.90. The second kappa shape index (κ2) is 5.81. The highest BCUT2D eigenvalue weighted by atomic mass is 19.2. The van der Waals surface area contributed by atoms with Crippen LogP contribution in [0.15, 0.2) is 18.2 Å². The molecule has 1 aromatic rings. The van der Waals surface area contributed by atoms with Crippen LogP contribution in [-0.4, -0.2) is 13.1 Å². The zero-order valence-electron chi connectivity index (χ0n) is 9.19. The quantitative estimate of drug-likeness (QED) is 0.793. The fraction of sp³-hybridized carbons (Fsp3) is 0.500. The van der Waals surface area contributed by atoms with E-state index in [4.69, 9.17) is 0 Å². The molecule has 0 aromatic heterocycles. The number of rotatable bonds is 5. The van der Waals surface area contributed by atoms with Crippen LogP contribution in [0.1, 0.15) is 25.3 Å². The monoisotopic (exact) mass is 213 g/mol. The fourth-order valence-electron chi connectivity index (χ4n) is 1.67. The third kappa shape index (κ3) is 3.27. The van der Waals surface area contributed by atoms with Gasteiger partial charge < -0.3 is 5.32 Å². The Hall–Kier alpha value is -0.960. The van der Waals surface area contributed by atoms with E-state index in [2.05, 4.69) is 12.2 Å². The van der Waals surface area contributed by atoms with Gasteiger partial charge in [0.25, 0.3) is 0 Å². The molecule has 1 atom stereocenters. The standard InChI is InChI=1S/C12H17F2N/c1-3-5-10(15-2)8-9-6-4-7-11(13)12(9)14/h4,6-7,10,15H,3,5,8H2,1-2H3. The van der Waals surface area contributed by atoms with Crippen LogP contribution in [-0.2, 0) is 6.42 Å². The Kier molecular flexibility index (Phi) is 4.69. The molecule has 1 unspecified atom stereocenters. The van der Waals surface area contributed by atoms with Gasteiger partial charge in [0.05, 0.1) is 0 Å². The van der Waals surface area contributed by atoms with Crippen LogP contribution in [0, 0.1) is 11.6 Å². The van der Waals surface area contributed by atoms with Crippen molar-refractivity contribution in [2.45, 2.75) is 32.2 Å². The first-order valence-electron chi connectivity index (χ1n) is 5.29. The summed E-state index contributed by atoms with van der Waals surface area (Å²) in [4.78, 5) is 0. The highest BCUT2D eigenvalue weighted by Gasteiger charge is 2.12. The van der Waals surface area contributed by atoms with E-state index in [0.29, 0.717) is 12.0 Å². The summed E-state index contributed by atoms with van der Waals surface area (Å²) in [6.45, 7) is 2.08. The molecule has 0 aliphatic rings. The van der Waals surface area contributed by atoms with Crippen molar-refractivity contribution >= 4 is 0 Å². The van der Waals surface area contributed by atoms with E-state index in [1.807, 2.05) is 7.05 Å². The summed E-state index contributed by atoms with van der Waals surface area (Å²) in [5, 5.41) is 3.11. The Labute approximate surface area is 89.5 Å². The first kappa shape index (κ1) is 12.1. The van der Waals surface area contributed by atoms with Crippen LogP contribution in [0.5, 0.6) is 0 Å². The van der Waals surface area contributed by atoms with Gasteiger partial charge in [-0.15, -0.1) is 0 Å². The molecular formula is C12H17F2N. The van der Waals surface area contributed by atoms with E-state index in [1.165, 1.54) is 0 Å². The van der Waals surface area contributed by atoms with E-state index < -0.39 is 11.6 Å².